The average Bonchev–Trinajstić information content (AvgIpc) is 3.42. The molecule has 1 aliphatic rings. The summed E-state index contributed by atoms with van der Waals surface area (Å²) in [6.07, 6.45) is 1.19. The summed E-state index contributed by atoms with van der Waals surface area (Å²) in [5.41, 5.74) is 1.53. The number of hydrogen-bond donors (Lipinski definition) is 1. The van der Waals surface area contributed by atoms with E-state index < -0.39 is 23.8 Å². The van der Waals surface area contributed by atoms with E-state index in [-0.39, 0.29) is 24.6 Å². The van der Waals surface area contributed by atoms with Crippen LogP contribution >= 0.6 is 11.6 Å². The third-order valence-electron chi connectivity index (χ3n) is 5.24. The lowest BCUT2D eigenvalue weighted by molar-refractivity contribution is -0.122. The number of nitrogens with zero attached hydrogens (tertiary/aromatic N) is 2. The molecule has 2 heterocycles. The summed E-state index contributed by atoms with van der Waals surface area (Å²) in [6, 6.07) is 15.4. The molecule has 0 spiro atoms. The van der Waals surface area contributed by atoms with E-state index in [1.807, 2.05) is 0 Å². The van der Waals surface area contributed by atoms with Gasteiger partial charge >= 0.3 is 0 Å². The van der Waals surface area contributed by atoms with Crippen molar-refractivity contribution in [2.24, 2.45) is 0 Å². The summed E-state index contributed by atoms with van der Waals surface area (Å²) in [5, 5.41) is 3.07. The third-order valence-corrected chi connectivity index (χ3v) is 5.60. The molecule has 4 rings (SSSR count). The highest BCUT2D eigenvalue weighted by atomic mass is 35.5. The number of imide groups is 1. The lowest BCUT2D eigenvalue weighted by atomic mass is 10.1. The molecule has 168 valence electrons. The fraction of sp³-hybridized carbons (Fsp3) is 0.167. The average molecular weight is 466 g/mol. The topological polar surface area (TPSA) is 99.9 Å². The van der Waals surface area contributed by atoms with E-state index in [0.717, 1.165) is 4.90 Å². The molecule has 4 amide bonds. The van der Waals surface area contributed by atoms with Gasteiger partial charge in [-0.1, -0.05) is 29.8 Å². The molecule has 0 aliphatic carbocycles. The molecule has 1 aromatic heterocycles. The summed E-state index contributed by atoms with van der Waals surface area (Å²) in [4.78, 5) is 53.0. The van der Waals surface area contributed by atoms with Crippen LogP contribution in [0.2, 0.25) is 5.02 Å². The van der Waals surface area contributed by atoms with E-state index in [0.29, 0.717) is 22.0 Å². The van der Waals surface area contributed by atoms with Crippen molar-refractivity contribution in [2.75, 3.05) is 10.2 Å². The van der Waals surface area contributed by atoms with Crippen molar-refractivity contribution in [2.45, 2.75) is 25.9 Å². The van der Waals surface area contributed by atoms with Crippen molar-refractivity contribution in [3.8, 4) is 0 Å². The van der Waals surface area contributed by atoms with Crippen LogP contribution in [0.5, 0.6) is 0 Å². The second-order valence-corrected chi connectivity index (χ2v) is 7.92. The van der Waals surface area contributed by atoms with Crippen LogP contribution in [0.1, 0.15) is 29.5 Å². The smallest absolute Gasteiger partial charge is 0.290 e. The Morgan fingerprint density at radius 2 is 1.82 bits per heavy atom. The van der Waals surface area contributed by atoms with Gasteiger partial charge in [-0.25, -0.2) is 4.90 Å². The van der Waals surface area contributed by atoms with E-state index >= 15 is 0 Å². The first-order valence-electron chi connectivity index (χ1n) is 10.2. The number of hydrogen-bond acceptors (Lipinski definition) is 5. The van der Waals surface area contributed by atoms with Gasteiger partial charge in [-0.3, -0.25) is 19.2 Å². The lowest BCUT2D eigenvalue weighted by Gasteiger charge is -2.27. The standard InChI is InChI=1S/C24H20ClN3O5/c1-15(29)26-17-8-10-18(11-9-17)28-22(30)13-20(23(28)31)27(24(32)21-7-4-12-33-21)14-16-5-2-3-6-19(16)25/h2-12,20H,13-14H2,1H3,(H,26,29). The second-order valence-electron chi connectivity index (χ2n) is 7.52. The number of nitrogens with one attached hydrogen (secondary N) is 1. The van der Waals surface area contributed by atoms with E-state index in [4.69, 9.17) is 16.0 Å². The Morgan fingerprint density at radius 1 is 1.09 bits per heavy atom. The normalized spacial score (nSPS) is 15.6. The highest BCUT2D eigenvalue weighted by molar-refractivity contribution is 6.31. The van der Waals surface area contributed by atoms with Crippen LogP contribution in [0.15, 0.2) is 71.3 Å². The number of furan rings is 1. The van der Waals surface area contributed by atoms with Crippen molar-refractivity contribution in [3.05, 3.63) is 83.3 Å². The molecule has 9 heteroatoms. The van der Waals surface area contributed by atoms with Crippen LogP contribution in [0.25, 0.3) is 0 Å². The fourth-order valence-corrected chi connectivity index (χ4v) is 3.90. The zero-order valence-corrected chi connectivity index (χ0v) is 18.4. The maximum Gasteiger partial charge on any atom is 0.290 e. The van der Waals surface area contributed by atoms with E-state index in [9.17, 15) is 19.2 Å². The minimum atomic E-state index is -1.03. The van der Waals surface area contributed by atoms with Gasteiger partial charge < -0.3 is 14.6 Å². The maximum absolute atomic E-state index is 13.3. The van der Waals surface area contributed by atoms with E-state index in [2.05, 4.69) is 5.32 Å². The Balaban J connectivity index is 1.64. The lowest BCUT2D eigenvalue weighted by Crippen LogP contribution is -2.45. The third kappa shape index (κ3) is 4.65. The minimum Gasteiger partial charge on any atom is -0.459 e. The molecule has 1 N–H and O–H groups in total. The Hall–Kier alpha value is -3.91. The summed E-state index contributed by atoms with van der Waals surface area (Å²) in [6.45, 7) is 1.41. The summed E-state index contributed by atoms with van der Waals surface area (Å²) >= 11 is 6.29. The SMILES string of the molecule is CC(=O)Nc1ccc(N2C(=O)CC(N(Cc3ccccc3Cl)C(=O)c3ccco3)C2=O)cc1. The molecule has 1 saturated heterocycles. The molecule has 0 radical (unpaired) electrons. The van der Waals surface area contributed by atoms with Crippen molar-refractivity contribution in [1.29, 1.82) is 0 Å². The first kappa shape index (κ1) is 22.3. The van der Waals surface area contributed by atoms with Gasteiger partial charge in [0, 0.05) is 24.2 Å². The van der Waals surface area contributed by atoms with E-state index in [1.165, 1.54) is 24.2 Å². The van der Waals surface area contributed by atoms with Crippen molar-refractivity contribution in [3.63, 3.8) is 0 Å². The van der Waals surface area contributed by atoms with Crippen molar-refractivity contribution in [1.82, 2.24) is 4.90 Å². The van der Waals surface area contributed by atoms with Gasteiger partial charge in [0.15, 0.2) is 5.76 Å². The van der Waals surface area contributed by atoms with Gasteiger partial charge in [-0.05, 0) is 48.0 Å². The summed E-state index contributed by atoms with van der Waals surface area (Å²) in [7, 11) is 0. The molecule has 3 aromatic rings. The predicted molar refractivity (Wildman–Crippen MR) is 122 cm³/mol. The molecule has 8 nitrogen and oxygen atoms in total. The number of amides is 4. The Bertz CT molecular complexity index is 1210. The highest BCUT2D eigenvalue weighted by Crippen LogP contribution is 2.29. The zero-order valence-electron chi connectivity index (χ0n) is 17.7. The molecule has 1 fully saturated rings. The van der Waals surface area contributed by atoms with Crippen LogP contribution in [0.3, 0.4) is 0 Å². The molecule has 0 saturated carbocycles. The van der Waals surface area contributed by atoms with Crippen molar-refractivity contribution < 1.29 is 23.6 Å². The molecular formula is C24H20ClN3O5. The number of carbonyl (C=O) groups is 4. The maximum atomic E-state index is 13.3. The quantitative estimate of drug-likeness (QED) is 0.557. The Kier molecular flexibility index (Phi) is 6.28. The van der Waals surface area contributed by atoms with Crippen molar-refractivity contribution >= 4 is 46.6 Å². The van der Waals surface area contributed by atoms with Gasteiger partial charge in [-0.15, -0.1) is 0 Å². The summed E-state index contributed by atoms with van der Waals surface area (Å²) in [5.74, 6) is -1.66. The zero-order chi connectivity index (χ0) is 23.5. The van der Waals surface area contributed by atoms with Gasteiger partial charge in [-0.2, -0.15) is 0 Å². The van der Waals surface area contributed by atoms with Crippen LogP contribution < -0.4 is 10.2 Å². The molecule has 33 heavy (non-hydrogen) atoms. The largest absolute Gasteiger partial charge is 0.459 e. The molecule has 2 aromatic carbocycles. The fourth-order valence-electron chi connectivity index (χ4n) is 3.70. The molecular weight excluding hydrogens is 446 g/mol. The Labute approximate surface area is 194 Å². The second kappa shape index (κ2) is 9.30. The highest BCUT2D eigenvalue weighted by Gasteiger charge is 2.45. The summed E-state index contributed by atoms with van der Waals surface area (Å²) < 4.78 is 5.25. The van der Waals surface area contributed by atoms with E-state index in [1.54, 1.807) is 54.6 Å². The van der Waals surface area contributed by atoms with Crippen LogP contribution in [0, 0.1) is 0 Å². The van der Waals surface area contributed by atoms with Gasteiger partial charge in [0.25, 0.3) is 11.8 Å². The molecule has 1 atom stereocenters. The Morgan fingerprint density at radius 3 is 2.45 bits per heavy atom. The molecule has 1 unspecified atom stereocenters. The number of benzene rings is 2. The number of anilines is 2. The van der Waals surface area contributed by atoms with Gasteiger partial charge in [0.05, 0.1) is 18.4 Å². The first-order valence-corrected chi connectivity index (χ1v) is 10.6. The number of rotatable bonds is 6. The molecule has 1 aliphatic heterocycles. The minimum absolute atomic E-state index is 0.0260. The van der Waals surface area contributed by atoms with Crippen LogP contribution in [-0.2, 0) is 20.9 Å². The van der Waals surface area contributed by atoms with Crippen LogP contribution in [-0.4, -0.2) is 34.6 Å². The van der Waals surface area contributed by atoms with Gasteiger partial charge in [0.2, 0.25) is 11.8 Å². The number of halogens is 1. The first-order chi connectivity index (χ1) is 15.8. The van der Waals surface area contributed by atoms with Crippen LogP contribution in [0.4, 0.5) is 11.4 Å². The van der Waals surface area contributed by atoms with Gasteiger partial charge in [0.1, 0.15) is 6.04 Å². The monoisotopic (exact) mass is 465 g/mol. The predicted octanol–water partition coefficient (Wildman–Crippen LogP) is 3.87. The number of carbonyl (C=O) groups excluding carboxylic acids is 4. The molecule has 0 bridgehead atoms.